The molecule has 0 aliphatic rings. The average Bonchev–Trinajstić information content (AvgIpc) is 3.12. The van der Waals surface area contributed by atoms with Crippen molar-refractivity contribution in [3.63, 3.8) is 0 Å². The predicted octanol–water partition coefficient (Wildman–Crippen LogP) is 1.68. The first-order valence-electron chi connectivity index (χ1n) is 8.78. The molecule has 0 radical (unpaired) electrons. The molecule has 1 heterocycles. The van der Waals surface area contributed by atoms with E-state index in [0.29, 0.717) is 18.9 Å². The zero-order chi connectivity index (χ0) is 21.1. The number of aromatic nitrogens is 3. The van der Waals surface area contributed by atoms with Crippen LogP contribution in [0.5, 0.6) is 11.5 Å². The summed E-state index contributed by atoms with van der Waals surface area (Å²) in [5.41, 5.74) is 8.73. The molecule has 0 aliphatic heterocycles. The Hall–Kier alpha value is -2.95. The lowest BCUT2D eigenvalue weighted by Gasteiger charge is -2.21. The van der Waals surface area contributed by atoms with Crippen molar-refractivity contribution in [2.75, 3.05) is 0 Å². The van der Waals surface area contributed by atoms with Crippen molar-refractivity contribution in [3.8, 4) is 11.5 Å². The Bertz CT molecular complexity index is 1060. The molecule has 0 amide bonds. The second kappa shape index (κ2) is 8.19. The summed E-state index contributed by atoms with van der Waals surface area (Å²) >= 11 is 0. The van der Waals surface area contributed by atoms with E-state index in [4.69, 9.17) is 15.6 Å². The van der Waals surface area contributed by atoms with Crippen molar-refractivity contribution in [1.29, 1.82) is 0 Å². The van der Waals surface area contributed by atoms with Crippen LogP contribution in [0.1, 0.15) is 30.5 Å². The largest absolute Gasteiger partial charge is 0.489 e. The maximum absolute atomic E-state index is 11.0. The molecule has 154 valence electrons. The van der Waals surface area contributed by atoms with Crippen molar-refractivity contribution >= 4 is 10.3 Å². The maximum Gasteiger partial charge on any atom is 0.380 e. The maximum atomic E-state index is 11.0. The van der Waals surface area contributed by atoms with E-state index in [0.717, 1.165) is 16.7 Å². The van der Waals surface area contributed by atoms with Gasteiger partial charge in [0.2, 0.25) is 0 Å². The highest BCUT2D eigenvalue weighted by atomic mass is 32.2. The van der Waals surface area contributed by atoms with Crippen LogP contribution in [0.3, 0.4) is 0 Å². The molecule has 3 aromatic rings. The standard InChI is InChI=1S/C19H23N5O4S/c1-19(2,20)16-8-14(10-24-13-22-12-23-24)7-15(9-16)11-27-17-3-5-18(6-4-17)28-29(21,25)26/h3-9,12-13H,10-11,20H2,1-2H3,(H2,21,25,26). The number of ether oxygens (including phenoxy) is 1. The lowest BCUT2D eigenvalue weighted by atomic mass is 9.92. The van der Waals surface area contributed by atoms with Gasteiger partial charge in [-0.3, -0.25) is 0 Å². The van der Waals surface area contributed by atoms with Crippen LogP contribution in [0.15, 0.2) is 55.1 Å². The Kier molecular flexibility index (Phi) is 5.87. The Balaban J connectivity index is 1.75. The third-order valence-electron chi connectivity index (χ3n) is 4.05. The van der Waals surface area contributed by atoms with E-state index in [1.54, 1.807) is 23.1 Å². The molecule has 0 unspecified atom stereocenters. The molecule has 10 heteroatoms. The molecule has 29 heavy (non-hydrogen) atoms. The summed E-state index contributed by atoms with van der Waals surface area (Å²) in [4.78, 5) is 3.96. The molecule has 0 saturated heterocycles. The number of nitrogens with two attached hydrogens (primary N) is 2. The topological polar surface area (TPSA) is 135 Å². The van der Waals surface area contributed by atoms with Gasteiger partial charge in [-0.15, -0.1) is 0 Å². The first-order chi connectivity index (χ1) is 13.6. The Morgan fingerprint density at radius 2 is 1.72 bits per heavy atom. The number of nitrogens with zero attached hydrogens (tertiary/aromatic N) is 3. The monoisotopic (exact) mass is 417 g/mol. The van der Waals surface area contributed by atoms with Gasteiger partial charge in [-0.2, -0.15) is 18.7 Å². The third kappa shape index (κ3) is 6.28. The van der Waals surface area contributed by atoms with Gasteiger partial charge in [-0.25, -0.2) is 9.67 Å². The zero-order valence-corrected chi connectivity index (χ0v) is 17.0. The molecule has 0 fully saturated rings. The molecule has 3 rings (SSSR count). The lowest BCUT2D eigenvalue weighted by Crippen LogP contribution is -2.29. The van der Waals surface area contributed by atoms with Gasteiger partial charge >= 0.3 is 10.3 Å². The van der Waals surface area contributed by atoms with Gasteiger partial charge in [-0.05, 0) is 54.8 Å². The van der Waals surface area contributed by atoms with E-state index < -0.39 is 15.8 Å². The quantitative estimate of drug-likeness (QED) is 0.569. The fourth-order valence-corrected chi connectivity index (χ4v) is 3.08. The highest BCUT2D eigenvalue weighted by molar-refractivity contribution is 7.84. The summed E-state index contributed by atoms with van der Waals surface area (Å²) in [5, 5.41) is 8.99. The van der Waals surface area contributed by atoms with E-state index in [2.05, 4.69) is 14.3 Å². The highest BCUT2D eigenvalue weighted by Gasteiger charge is 2.16. The SMILES string of the molecule is CC(C)(N)c1cc(COc2ccc(OS(N)(=O)=O)cc2)cc(Cn2cncn2)c1. The Morgan fingerprint density at radius 3 is 2.31 bits per heavy atom. The number of benzene rings is 2. The van der Waals surface area contributed by atoms with Gasteiger partial charge in [0.1, 0.15) is 30.8 Å². The first kappa shape index (κ1) is 20.8. The fraction of sp³-hybridized carbons (Fsp3) is 0.263. The highest BCUT2D eigenvalue weighted by Crippen LogP contribution is 2.23. The molecule has 0 spiro atoms. The molecule has 4 N–H and O–H groups in total. The van der Waals surface area contributed by atoms with Crippen LogP contribution in [0.25, 0.3) is 0 Å². The smallest absolute Gasteiger partial charge is 0.380 e. The van der Waals surface area contributed by atoms with Crippen LogP contribution >= 0.6 is 0 Å². The molecule has 0 aliphatic carbocycles. The molecule has 0 bridgehead atoms. The summed E-state index contributed by atoms with van der Waals surface area (Å²) in [6, 6.07) is 12.2. The van der Waals surface area contributed by atoms with E-state index in [9.17, 15) is 8.42 Å². The van der Waals surface area contributed by atoms with Gasteiger partial charge in [-0.1, -0.05) is 18.2 Å². The molecule has 1 aromatic heterocycles. The van der Waals surface area contributed by atoms with Crippen LogP contribution in [0, 0.1) is 0 Å². The molecule has 2 aromatic carbocycles. The second-order valence-corrected chi connectivity index (χ2v) is 8.34. The predicted molar refractivity (Wildman–Crippen MR) is 107 cm³/mol. The third-order valence-corrected chi connectivity index (χ3v) is 4.47. The second-order valence-electron chi connectivity index (χ2n) is 7.19. The minimum atomic E-state index is -4.05. The number of hydrogen-bond acceptors (Lipinski definition) is 7. The van der Waals surface area contributed by atoms with Crippen molar-refractivity contribution in [2.45, 2.75) is 32.5 Å². The van der Waals surface area contributed by atoms with E-state index in [1.807, 2.05) is 32.0 Å². The van der Waals surface area contributed by atoms with Crippen LogP contribution < -0.4 is 19.8 Å². The van der Waals surface area contributed by atoms with Gasteiger partial charge in [0.25, 0.3) is 0 Å². The lowest BCUT2D eigenvalue weighted by molar-refractivity contribution is 0.305. The summed E-state index contributed by atoms with van der Waals surface area (Å²) in [7, 11) is -4.05. The van der Waals surface area contributed by atoms with Crippen LogP contribution in [-0.4, -0.2) is 23.2 Å². The van der Waals surface area contributed by atoms with Crippen LogP contribution in [-0.2, 0) is 29.0 Å². The zero-order valence-electron chi connectivity index (χ0n) is 16.1. The van der Waals surface area contributed by atoms with E-state index in [-0.39, 0.29) is 5.75 Å². The van der Waals surface area contributed by atoms with Crippen LogP contribution in [0.4, 0.5) is 0 Å². The van der Waals surface area contributed by atoms with E-state index >= 15 is 0 Å². The molecular weight excluding hydrogens is 394 g/mol. The summed E-state index contributed by atoms with van der Waals surface area (Å²) in [5.74, 6) is 0.670. The summed E-state index contributed by atoms with van der Waals surface area (Å²) in [6.07, 6.45) is 3.14. The van der Waals surface area contributed by atoms with Crippen molar-refractivity contribution in [2.24, 2.45) is 10.9 Å². The molecule has 0 saturated carbocycles. The first-order valence-corrected chi connectivity index (χ1v) is 10.3. The van der Waals surface area contributed by atoms with Crippen molar-refractivity contribution in [1.82, 2.24) is 14.8 Å². The minimum absolute atomic E-state index is 0.113. The van der Waals surface area contributed by atoms with Crippen LogP contribution in [0.2, 0.25) is 0 Å². The molecular formula is C19H23N5O4S. The van der Waals surface area contributed by atoms with Gasteiger partial charge in [0, 0.05) is 5.54 Å². The van der Waals surface area contributed by atoms with Crippen molar-refractivity contribution < 1.29 is 17.3 Å². The number of hydrogen-bond donors (Lipinski definition) is 2. The van der Waals surface area contributed by atoms with Gasteiger partial charge < -0.3 is 14.7 Å². The average molecular weight is 417 g/mol. The van der Waals surface area contributed by atoms with Gasteiger partial charge in [0.15, 0.2) is 0 Å². The number of rotatable bonds is 8. The van der Waals surface area contributed by atoms with Crippen molar-refractivity contribution in [3.05, 3.63) is 71.8 Å². The fourth-order valence-electron chi connectivity index (χ4n) is 2.70. The molecule has 0 atom stereocenters. The Labute approximate surface area is 169 Å². The summed E-state index contributed by atoms with van der Waals surface area (Å²) in [6.45, 7) is 4.76. The summed E-state index contributed by atoms with van der Waals surface area (Å²) < 4.78 is 34.1. The normalized spacial score (nSPS) is 12.0. The van der Waals surface area contributed by atoms with Gasteiger partial charge in [0.05, 0.1) is 6.54 Å². The minimum Gasteiger partial charge on any atom is -0.489 e. The van der Waals surface area contributed by atoms with E-state index in [1.165, 1.54) is 18.5 Å². The Morgan fingerprint density at radius 1 is 1.07 bits per heavy atom. The molecule has 9 nitrogen and oxygen atoms in total.